The number of carbonyl (C=O) groups is 2. The molecule has 0 saturated carbocycles. The minimum atomic E-state index is -0.345. The summed E-state index contributed by atoms with van der Waals surface area (Å²) < 4.78 is 9.54. The van der Waals surface area contributed by atoms with Gasteiger partial charge >= 0.3 is 11.9 Å². The molecule has 0 bridgehead atoms. The molecule has 1 aliphatic heterocycles. The first-order valence-electron chi connectivity index (χ1n) is 7.32. The number of nitrogens with one attached hydrogen (secondary N) is 1. The molecule has 2 atom stereocenters. The van der Waals surface area contributed by atoms with Crippen molar-refractivity contribution in [1.82, 2.24) is 5.32 Å². The fourth-order valence-electron chi connectivity index (χ4n) is 2.57. The van der Waals surface area contributed by atoms with Gasteiger partial charge in [-0.2, -0.15) is 0 Å². The van der Waals surface area contributed by atoms with Gasteiger partial charge in [-0.1, -0.05) is 30.4 Å². The van der Waals surface area contributed by atoms with E-state index in [4.69, 9.17) is 9.47 Å². The normalized spacial score (nSPS) is 21.5. The molecule has 1 heterocycles. The molecular weight excluding hydrogens is 282 g/mol. The SMILES string of the molecule is COC(=O)c1ccccc1/C=C/[C@@H]1CC[C@H](C(=O)OC)CN1. The van der Waals surface area contributed by atoms with Crippen molar-refractivity contribution in [1.29, 1.82) is 0 Å². The predicted molar refractivity (Wildman–Crippen MR) is 83.3 cm³/mol. The Labute approximate surface area is 130 Å². The van der Waals surface area contributed by atoms with E-state index in [0.29, 0.717) is 12.1 Å². The van der Waals surface area contributed by atoms with Crippen molar-refractivity contribution < 1.29 is 19.1 Å². The number of methoxy groups -OCH3 is 2. The van der Waals surface area contributed by atoms with E-state index < -0.39 is 0 Å². The lowest BCUT2D eigenvalue weighted by Crippen LogP contribution is -2.40. The van der Waals surface area contributed by atoms with Crippen LogP contribution in [-0.2, 0) is 14.3 Å². The first-order chi connectivity index (χ1) is 10.7. The van der Waals surface area contributed by atoms with Crippen LogP contribution in [0, 0.1) is 5.92 Å². The van der Waals surface area contributed by atoms with Crippen molar-refractivity contribution in [3.63, 3.8) is 0 Å². The van der Waals surface area contributed by atoms with Crippen molar-refractivity contribution >= 4 is 18.0 Å². The number of ether oxygens (including phenoxy) is 2. The summed E-state index contributed by atoms with van der Waals surface area (Å²) >= 11 is 0. The standard InChI is InChI=1S/C17H21NO4/c1-21-16(19)13-8-10-14(18-11-13)9-7-12-5-3-4-6-15(12)17(20)22-2/h3-7,9,13-14,18H,8,10-11H2,1-2H3/b9-7+/t13-,14+/m0/s1. The first-order valence-corrected chi connectivity index (χ1v) is 7.32. The molecule has 0 spiro atoms. The fourth-order valence-corrected chi connectivity index (χ4v) is 2.57. The van der Waals surface area contributed by atoms with Crippen LogP contribution in [0.3, 0.4) is 0 Å². The minimum Gasteiger partial charge on any atom is -0.469 e. The van der Waals surface area contributed by atoms with Crippen LogP contribution in [0.25, 0.3) is 6.08 Å². The molecule has 1 aliphatic rings. The Morgan fingerprint density at radius 3 is 2.59 bits per heavy atom. The van der Waals surface area contributed by atoms with E-state index in [1.165, 1.54) is 14.2 Å². The number of piperidine rings is 1. The van der Waals surface area contributed by atoms with Gasteiger partial charge in [0.1, 0.15) is 0 Å². The summed E-state index contributed by atoms with van der Waals surface area (Å²) in [4.78, 5) is 23.2. The van der Waals surface area contributed by atoms with Crippen molar-refractivity contribution in [2.24, 2.45) is 5.92 Å². The number of hydrogen-bond donors (Lipinski definition) is 1. The third-order valence-electron chi connectivity index (χ3n) is 3.86. The second-order valence-electron chi connectivity index (χ2n) is 5.25. The number of benzene rings is 1. The Morgan fingerprint density at radius 2 is 1.95 bits per heavy atom. The van der Waals surface area contributed by atoms with Crippen molar-refractivity contribution in [2.45, 2.75) is 18.9 Å². The van der Waals surface area contributed by atoms with Crippen LogP contribution in [-0.4, -0.2) is 38.7 Å². The predicted octanol–water partition coefficient (Wildman–Crippen LogP) is 2.03. The maximum absolute atomic E-state index is 11.7. The fraction of sp³-hybridized carbons (Fsp3) is 0.412. The molecule has 5 heteroatoms. The quantitative estimate of drug-likeness (QED) is 0.862. The average molecular weight is 303 g/mol. The van der Waals surface area contributed by atoms with Crippen LogP contribution >= 0.6 is 0 Å². The van der Waals surface area contributed by atoms with Crippen LogP contribution in [0.5, 0.6) is 0 Å². The van der Waals surface area contributed by atoms with Crippen LogP contribution in [0.4, 0.5) is 0 Å². The Morgan fingerprint density at radius 1 is 1.18 bits per heavy atom. The lowest BCUT2D eigenvalue weighted by molar-refractivity contribution is -0.146. The van der Waals surface area contributed by atoms with Crippen LogP contribution in [0.15, 0.2) is 30.3 Å². The van der Waals surface area contributed by atoms with Gasteiger partial charge in [0.2, 0.25) is 0 Å². The maximum atomic E-state index is 11.7. The van der Waals surface area contributed by atoms with E-state index in [-0.39, 0.29) is 23.9 Å². The van der Waals surface area contributed by atoms with E-state index >= 15 is 0 Å². The largest absolute Gasteiger partial charge is 0.469 e. The summed E-state index contributed by atoms with van der Waals surface area (Å²) in [6.07, 6.45) is 5.60. The minimum absolute atomic E-state index is 0.0722. The second-order valence-corrected chi connectivity index (χ2v) is 5.25. The summed E-state index contributed by atoms with van der Waals surface area (Å²) in [6, 6.07) is 7.50. The summed E-state index contributed by atoms with van der Waals surface area (Å²) in [5.74, 6) is -0.578. The Kier molecular flexibility index (Phi) is 5.72. The highest BCUT2D eigenvalue weighted by molar-refractivity contribution is 5.93. The summed E-state index contributed by atoms with van der Waals surface area (Å²) in [5.41, 5.74) is 1.37. The summed E-state index contributed by atoms with van der Waals surface area (Å²) in [6.45, 7) is 0.611. The number of rotatable bonds is 4. The van der Waals surface area contributed by atoms with E-state index in [1.807, 2.05) is 30.4 Å². The summed E-state index contributed by atoms with van der Waals surface area (Å²) in [7, 11) is 2.79. The molecule has 0 aromatic heterocycles. The first kappa shape index (κ1) is 16.2. The zero-order valence-corrected chi connectivity index (χ0v) is 12.9. The lowest BCUT2D eigenvalue weighted by Gasteiger charge is -2.26. The van der Waals surface area contributed by atoms with Gasteiger partial charge in [-0.3, -0.25) is 4.79 Å². The second kappa shape index (κ2) is 7.75. The lowest BCUT2D eigenvalue weighted by atomic mass is 9.94. The molecule has 1 N–H and O–H groups in total. The molecule has 0 radical (unpaired) electrons. The van der Waals surface area contributed by atoms with Gasteiger partial charge in [-0.15, -0.1) is 0 Å². The Hall–Kier alpha value is -2.14. The van der Waals surface area contributed by atoms with E-state index in [0.717, 1.165) is 18.4 Å². The highest BCUT2D eigenvalue weighted by atomic mass is 16.5. The Balaban J connectivity index is 1.99. The molecule has 1 aromatic carbocycles. The van der Waals surface area contributed by atoms with Gasteiger partial charge in [-0.05, 0) is 24.5 Å². The number of hydrogen-bond acceptors (Lipinski definition) is 5. The molecule has 0 unspecified atom stereocenters. The number of esters is 2. The molecule has 22 heavy (non-hydrogen) atoms. The molecule has 2 rings (SSSR count). The average Bonchev–Trinajstić information content (AvgIpc) is 2.59. The zero-order valence-electron chi connectivity index (χ0n) is 12.9. The molecule has 0 aliphatic carbocycles. The number of carbonyl (C=O) groups excluding carboxylic acids is 2. The van der Waals surface area contributed by atoms with E-state index in [1.54, 1.807) is 6.07 Å². The third-order valence-corrected chi connectivity index (χ3v) is 3.86. The van der Waals surface area contributed by atoms with Crippen molar-refractivity contribution in [3.8, 4) is 0 Å². The molecule has 118 valence electrons. The zero-order chi connectivity index (χ0) is 15.9. The molecule has 0 amide bonds. The monoisotopic (exact) mass is 303 g/mol. The highest BCUT2D eigenvalue weighted by Crippen LogP contribution is 2.18. The van der Waals surface area contributed by atoms with Gasteiger partial charge in [0, 0.05) is 12.6 Å². The van der Waals surface area contributed by atoms with Crippen LogP contribution in [0.1, 0.15) is 28.8 Å². The third kappa shape index (κ3) is 3.95. The van der Waals surface area contributed by atoms with Gasteiger partial charge in [0.05, 0.1) is 25.7 Å². The van der Waals surface area contributed by atoms with Crippen molar-refractivity contribution in [2.75, 3.05) is 20.8 Å². The molecule has 1 aromatic rings. The van der Waals surface area contributed by atoms with Gasteiger partial charge in [0.25, 0.3) is 0 Å². The van der Waals surface area contributed by atoms with E-state index in [2.05, 4.69) is 5.32 Å². The van der Waals surface area contributed by atoms with E-state index in [9.17, 15) is 9.59 Å². The molecular formula is C17H21NO4. The van der Waals surface area contributed by atoms with Crippen molar-refractivity contribution in [3.05, 3.63) is 41.5 Å². The smallest absolute Gasteiger partial charge is 0.338 e. The highest BCUT2D eigenvalue weighted by Gasteiger charge is 2.25. The summed E-state index contributed by atoms with van der Waals surface area (Å²) in [5, 5.41) is 3.31. The van der Waals surface area contributed by atoms with Gasteiger partial charge < -0.3 is 14.8 Å². The molecule has 1 saturated heterocycles. The maximum Gasteiger partial charge on any atom is 0.338 e. The Bertz CT molecular complexity index is 560. The van der Waals surface area contributed by atoms with Crippen LogP contribution in [0.2, 0.25) is 0 Å². The van der Waals surface area contributed by atoms with Gasteiger partial charge in [-0.25, -0.2) is 4.79 Å². The van der Waals surface area contributed by atoms with Gasteiger partial charge in [0.15, 0.2) is 0 Å². The molecule has 5 nitrogen and oxygen atoms in total. The molecule has 1 fully saturated rings. The van der Waals surface area contributed by atoms with Crippen LogP contribution < -0.4 is 5.32 Å². The topological polar surface area (TPSA) is 64.6 Å².